The highest BCUT2D eigenvalue weighted by Gasteiger charge is 2.12. The third-order valence-corrected chi connectivity index (χ3v) is 2.52. The van der Waals surface area contributed by atoms with E-state index in [9.17, 15) is 14.0 Å². The standard InChI is InChI=1S/C13H17FN2O2/c1-8-4-5-11(6-12(8)14)7-15-13(18)9(2)16-10(3)17/h4-6,9H,7H2,1-3H3,(H,15,18)(H,16,17)/t9-/m1/s1. The van der Waals surface area contributed by atoms with E-state index in [1.165, 1.54) is 13.0 Å². The molecule has 0 aliphatic carbocycles. The van der Waals surface area contributed by atoms with Gasteiger partial charge in [-0.05, 0) is 31.0 Å². The lowest BCUT2D eigenvalue weighted by Gasteiger charge is -2.13. The van der Waals surface area contributed by atoms with Crippen molar-refractivity contribution in [3.8, 4) is 0 Å². The molecule has 18 heavy (non-hydrogen) atoms. The van der Waals surface area contributed by atoms with Crippen molar-refractivity contribution in [3.63, 3.8) is 0 Å². The molecular formula is C13H17FN2O2. The monoisotopic (exact) mass is 252 g/mol. The predicted molar refractivity (Wildman–Crippen MR) is 66.3 cm³/mol. The molecule has 98 valence electrons. The maximum absolute atomic E-state index is 13.3. The summed E-state index contributed by atoms with van der Waals surface area (Å²) in [6.07, 6.45) is 0. The van der Waals surface area contributed by atoms with E-state index < -0.39 is 6.04 Å². The Morgan fingerprint density at radius 3 is 2.61 bits per heavy atom. The zero-order chi connectivity index (χ0) is 13.7. The Kier molecular flexibility index (Phi) is 4.83. The molecule has 0 bridgehead atoms. The molecule has 1 aromatic rings. The second-order valence-corrected chi connectivity index (χ2v) is 4.22. The van der Waals surface area contributed by atoms with E-state index in [1.54, 1.807) is 26.0 Å². The third-order valence-electron chi connectivity index (χ3n) is 2.52. The molecule has 4 nitrogen and oxygen atoms in total. The molecule has 0 aromatic heterocycles. The fourth-order valence-corrected chi connectivity index (χ4v) is 1.46. The molecule has 0 radical (unpaired) electrons. The fraction of sp³-hybridized carbons (Fsp3) is 0.385. The van der Waals surface area contributed by atoms with Gasteiger partial charge in [-0.1, -0.05) is 12.1 Å². The highest BCUT2D eigenvalue weighted by Crippen LogP contribution is 2.08. The van der Waals surface area contributed by atoms with Gasteiger partial charge in [0, 0.05) is 13.5 Å². The second-order valence-electron chi connectivity index (χ2n) is 4.22. The molecule has 1 aromatic carbocycles. The van der Waals surface area contributed by atoms with Crippen LogP contribution in [0.5, 0.6) is 0 Å². The highest BCUT2D eigenvalue weighted by molar-refractivity contribution is 5.86. The summed E-state index contributed by atoms with van der Waals surface area (Å²) in [7, 11) is 0. The Morgan fingerprint density at radius 2 is 2.06 bits per heavy atom. The van der Waals surface area contributed by atoms with Crippen LogP contribution in [0.2, 0.25) is 0 Å². The van der Waals surface area contributed by atoms with E-state index in [-0.39, 0.29) is 24.2 Å². The van der Waals surface area contributed by atoms with E-state index in [2.05, 4.69) is 10.6 Å². The average Bonchev–Trinajstić information content (AvgIpc) is 2.29. The van der Waals surface area contributed by atoms with Gasteiger partial charge in [0.1, 0.15) is 11.9 Å². The van der Waals surface area contributed by atoms with Crippen molar-refractivity contribution in [2.24, 2.45) is 0 Å². The minimum absolute atomic E-state index is 0.236. The number of amides is 2. The lowest BCUT2D eigenvalue weighted by atomic mass is 10.1. The Hall–Kier alpha value is -1.91. The topological polar surface area (TPSA) is 58.2 Å². The van der Waals surface area contributed by atoms with Gasteiger partial charge in [-0.2, -0.15) is 0 Å². The smallest absolute Gasteiger partial charge is 0.242 e. The van der Waals surface area contributed by atoms with Crippen LogP contribution in [0.4, 0.5) is 4.39 Å². The lowest BCUT2D eigenvalue weighted by Crippen LogP contribution is -2.43. The number of hydrogen-bond donors (Lipinski definition) is 2. The molecule has 0 heterocycles. The van der Waals surface area contributed by atoms with E-state index >= 15 is 0 Å². The largest absolute Gasteiger partial charge is 0.350 e. The number of carbonyl (C=O) groups excluding carboxylic acids is 2. The number of carbonyl (C=O) groups is 2. The van der Waals surface area contributed by atoms with Crippen LogP contribution >= 0.6 is 0 Å². The number of rotatable bonds is 4. The van der Waals surface area contributed by atoms with Crippen LogP contribution in [-0.2, 0) is 16.1 Å². The number of aryl methyl sites for hydroxylation is 1. The van der Waals surface area contributed by atoms with Gasteiger partial charge < -0.3 is 10.6 Å². The van der Waals surface area contributed by atoms with Gasteiger partial charge in [0.05, 0.1) is 0 Å². The average molecular weight is 252 g/mol. The SMILES string of the molecule is CC(=O)N[C@H](C)C(=O)NCc1ccc(C)c(F)c1. The van der Waals surface area contributed by atoms with E-state index in [0.29, 0.717) is 11.1 Å². The van der Waals surface area contributed by atoms with Crippen molar-refractivity contribution >= 4 is 11.8 Å². The maximum atomic E-state index is 13.3. The third kappa shape index (κ3) is 4.16. The molecule has 0 aliphatic heterocycles. The van der Waals surface area contributed by atoms with Crippen LogP contribution in [0.25, 0.3) is 0 Å². The minimum Gasteiger partial charge on any atom is -0.350 e. The summed E-state index contributed by atoms with van der Waals surface area (Å²) in [5.74, 6) is -0.859. The molecule has 1 atom stereocenters. The molecule has 2 N–H and O–H groups in total. The summed E-state index contributed by atoms with van der Waals surface area (Å²) in [5, 5.41) is 5.10. The summed E-state index contributed by atoms with van der Waals surface area (Å²) < 4.78 is 13.3. The molecule has 0 unspecified atom stereocenters. The van der Waals surface area contributed by atoms with Crippen LogP contribution in [-0.4, -0.2) is 17.9 Å². The first kappa shape index (κ1) is 14.2. The van der Waals surface area contributed by atoms with E-state index in [0.717, 1.165) is 0 Å². The van der Waals surface area contributed by atoms with Crippen LogP contribution in [0.1, 0.15) is 25.0 Å². The van der Waals surface area contributed by atoms with E-state index in [1.807, 2.05) is 0 Å². The summed E-state index contributed by atoms with van der Waals surface area (Å²) >= 11 is 0. The molecule has 2 amide bonds. The van der Waals surface area contributed by atoms with Gasteiger partial charge in [-0.3, -0.25) is 9.59 Å². The van der Waals surface area contributed by atoms with Crippen molar-refractivity contribution in [1.82, 2.24) is 10.6 Å². The molecule has 1 rings (SSSR count). The Bertz CT molecular complexity index is 460. The van der Waals surface area contributed by atoms with Crippen molar-refractivity contribution < 1.29 is 14.0 Å². The lowest BCUT2D eigenvalue weighted by molar-refractivity contribution is -0.127. The second kappa shape index (κ2) is 6.14. The fourth-order valence-electron chi connectivity index (χ4n) is 1.46. The van der Waals surface area contributed by atoms with Crippen LogP contribution in [0.15, 0.2) is 18.2 Å². The Morgan fingerprint density at radius 1 is 1.39 bits per heavy atom. The number of nitrogens with one attached hydrogen (secondary N) is 2. The Balaban J connectivity index is 2.52. The molecular weight excluding hydrogens is 235 g/mol. The van der Waals surface area contributed by atoms with Crippen LogP contribution in [0, 0.1) is 12.7 Å². The molecule has 0 saturated heterocycles. The van der Waals surface area contributed by atoms with Gasteiger partial charge in [0.15, 0.2) is 0 Å². The van der Waals surface area contributed by atoms with Crippen molar-refractivity contribution in [2.45, 2.75) is 33.4 Å². The van der Waals surface area contributed by atoms with Gasteiger partial charge in [-0.15, -0.1) is 0 Å². The molecule has 0 spiro atoms. The number of hydrogen-bond acceptors (Lipinski definition) is 2. The number of halogens is 1. The molecule has 0 aliphatic rings. The van der Waals surface area contributed by atoms with Gasteiger partial charge in [-0.25, -0.2) is 4.39 Å². The molecule has 0 saturated carbocycles. The first-order chi connectivity index (χ1) is 8.40. The number of benzene rings is 1. The van der Waals surface area contributed by atoms with Crippen molar-refractivity contribution in [3.05, 3.63) is 35.1 Å². The van der Waals surface area contributed by atoms with Crippen molar-refractivity contribution in [1.29, 1.82) is 0 Å². The highest BCUT2D eigenvalue weighted by atomic mass is 19.1. The van der Waals surface area contributed by atoms with Crippen LogP contribution < -0.4 is 10.6 Å². The summed E-state index contributed by atoms with van der Waals surface area (Å²) in [4.78, 5) is 22.4. The van der Waals surface area contributed by atoms with Crippen LogP contribution in [0.3, 0.4) is 0 Å². The van der Waals surface area contributed by atoms with Gasteiger partial charge >= 0.3 is 0 Å². The van der Waals surface area contributed by atoms with E-state index in [4.69, 9.17) is 0 Å². The normalized spacial score (nSPS) is 11.8. The Labute approximate surface area is 106 Å². The zero-order valence-corrected chi connectivity index (χ0v) is 10.7. The summed E-state index contributed by atoms with van der Waals surface area (Å²) in [6.45, 7) is 4.85. The predicted octanol–water partition coefficient (Wildman–Crippen LogP) is 1.27. The van der Waals surface area contributed by atoms with Gasteiger partial charge in [0.25, 0.3) is 0 Å². The summed E-state index contributed by atoms with van der Waals surface area (Å²) in [5.41, 5.74) is 1.25. The maximum Gasteiger partial charge on any atom is 0.242 e. The first-order valence-corrected chi connectivity index (χ1v) is 5.70. The first-order valence-electron chi connectivity index (χ1n) is 5.70. The minimum atomic E-state index is -0.599. The van der Waals surface area contributed by atoms with Gasteiger partial charge in [0.2, 0.25) is 11.8 Å². The molecule has 5 heteroatoms. The quantitative estimate of drug-likeness (QED) is 0.848. The zero-order valence-electron chi connectivity index (χ0n) is 10.7. The molecule has 0 fully saturated rings. The summed E-state index contributed by atoms with van der Waals surface area (Å²) in [6, 6.07) is 4.20. The van der Waals surface area contributed by atoms with Crippen molar-refractivity contribution in [2.75, 3.05) is 0 Å².